The lowest BCUT2D eigenvalue weighted by molar-refractivity contribution is -0.0902. The fourth-order valence-electron chi connectivity index (χ4n) is 2.94. The molecule has 1 aromatic heterocycles. The molecule has 2 heterocycles. The van der Waals surface area contributed by atoms with Gasteiger partial charge in [0.2, 0.25) is 0 Å². The molecule has 0 amide bonds. The minimum Gasteiger partial charge on any atom is -0.460 e. The van der Waals surface area contributed by atoms with E-state index in [1.165, 1.54) is 6.07 Å². The molecule has 1 aliphatic rings. The summed E-state index contributed by atoms with van der Waals surface area (Å²) in [6.45, 7) is 7.09. The summed E-state index contributed by atoms with van der Waals surface area (Å²) in [4.78, 5) is 7.55. The van der Waals surface area contributed by atoms with Crippen molar-refractivity contribution in [2.45, 2.75) is 25.4 Å². The molecule has 0 radical (unpaired) electrons. The summed E-state index contributed by atoms with van der Waals surface area (Å²) < 4.78 is 68.0. The van der Waals surface area contributed by atoms with Gasteiger partial charge >= 0.3 is 5.92 Å². The molecule has 1 atom stereocenters. The van der Waals surface area contributed by atoms with Gasteiger partial charge in [0.15, 0.2) is 5.60 Å². The summed E-state index contributed by atoms with van der Waals surface area (Å²) in [5.41, 5.74) is -2.25. The highest BCUT2D eigenvalue weighted by Gasteiger charge is 2.68. The molecule has 8 heteroatoms. The number of hydrogen-bond donors (Lipinski definition) is 0. The number of halogens is 4. The lowest BCUT2D eigenvalue weighted by Gasteiger charge is -2.24. The lowest BCUT2D eigenvalue weighted by atomic mass is 9.90. The van der Waals surface area contributed by atoms with Crippen LogP contribution < -0.4 is 4.74 Å². The molecule has 1 fully saturated rings. The fraction of sp³-hybridized carbons (Fsp3) is 0.273. The Morgan fingerprint density at radius 3 is 2.57 bits per heavy atom. The van der Waals surface area contributed by atoms with E-state index < -0.39 is 41.0 Å². The first-order valence-corrected chi connectivity index (χ1v) is 9.08. The first-order valence-electron chi connectivity index (χ1n) is 9.08. The van der Waals surface area contributed by atoms with Crippen LogP contribution in [0.4, 0.5) is 17.6 Å². The van der Waals surface area contributed by atoms with Crippen LogP contribution in [0.5, 0.6) is 5.75 Å². The number of epoxide rings is 1. The number of alkyl halides is 2. The maximum atomic E-state index is 15.1. The standard InChI is InChI=1S/C22H20F4N2O2/c1-14(11-27-3)4-5-15(2)30-17-7-9-20(28-12-17)22(25,26)21(13-29-21)18-8-6-16(23)10-19(18)24/h4-10,12H,3,11,13H2,1-2H3/b14-4+,15-5+. The van der Waals surface area contributed by atoms with Crippen molar-refractivity contribution in [3.05, 3.63) is 82.9 Å². The predicted molar refractivity (Wildman–Crippen MR) is 105 cm³/mol. The predicted octanol–water partition coefficient (Wildman–Crippen LogP) is 5.31. The van der Waals surface area contributed by atoms with Crippen molar-refractivity contribution in [2.75, 3.05) is 13.2 Å². The number of aliphatic imine (C=N–C) groups is 1. The van der Waals surface area contributed by atoms with Gasteiger partial charge in [-0.1, -0.05) is 11.6 Å². The van der Waals surface area contributed by atoms with Gasteiger partial charge in [-0.15, -0.1) is 0 Å². The van der Waals surface area contributed by atoms with E-state index in [0.717, 1.165) is 30.0 Å². The van der Waals surface area contributed by atoms with Gasteiger partial charge in [-0.25, -0.2) is 8.78 Å². The largest absolute Gasteiger partial charge is 0.460 e. The highest BCUT2D eigenvalue weighted by Crippen LogP contribution is 2.56. The van der Waals surface area contributed by atoms with E-state index in [9.17, 15) is 8.78 Å². The van der Waals surface area contributed by atoms with Crippen LogP contribution in [-0.2, 0) is 16.3 Å². The Morgan fingerprint density at radius 2 is 2.00 bits per heavy atom. The van der Waals surface area contributed by atoms with Crippen molar-refractivity contribution in [1.29, 1.82) is 0 Å². The summed E-state index contributed by atoms with van der Waals surface area (Å²) >= 11 is 0. The van der Waals surface area contributed by atoms with Gasteiger partial charge in [0.05, 0.1) is 19.3 Å². The summed E-state index contributed by atoms with van der Waals surface area (Å²) in [6.07, 6.45) is 4.68. The first-order chi connectivity index (χ1) is 14.2. The van der Waals surface area contributed by atoms with Crippen LogP contribution in [0.2, 0.25) is 0 Å². The molecule has 1 aliphatic heterocycles. The van der Waals surface area contributed by atoms with Gasteiger partial charge in [-0.2, -0.15) is 8.78 Å². The van der Waals surface area contributed by atoms with E-state index in [1.807, 2.05) is 13.0 Å². The van der Waals surface area contributed by atoms with Crippen molar-refractivity contribution >= 4 is 6.72 Å². The SMILES string of the molecule is C=NC/C(C)=C/C=C(\C)Oc1ccc(C(F)(F)C2(c3ccc(F)cc3F)CO2)nc1. The minimum absolute atomic E-state index is 0.259. The van der Waals surface area contributed by atoms with Gasteiger partial charge in [-0.3, -0.25) is 9.98 Å². The zero-order valence-corrected chi connectivity index (χ0v) is 16.5. The van der Waals surface area contributed by atoms with Crippen molar-refractivity contribution in [3.8, 4) is 5.75 Å². The second kappa shape index (κ2) is 8.39. The number of ether oxygens (including phenoxy) is 2. The Balaban J connectivity index is 1.79. The average Bonchev–Trinajstić information content (AvgIpc) is 3.49. The van der Waals surface area contributed by atoms with Crippen molar-refractivity contribution in [1.82, 2.24) is 4.98 Å². The number of allylic oxidation sites excluding steroid dienone is 3. The molecule has 4 nitrogen and oxygen atoms in total. The highest BCUT2D eigenvalue weighted by molar-refractivity contribution is 5.36. The average molecular weight is 420 g/mol. The number of hydrogen-bond acceptors (Lipinski definition) is 4. The highest BCUT2D eigenvalue weighted by atomic mass is 19.3. The van der Waals surface area contributed by atoms with Crippen LogP contribution in [0, 0.1) is 11.6 Å². The number of pyridine rings is 1. The molecule has 0 aliphatic carbocycles. The van der Waals surface area contributed by atoms with E-state index in [0.29, 0.717) is 18.4 Å². The zero-order valence-electron chi connectivity index (χ0n) is 16.5. The first kappa shape index (κ1) is 21.7. The molecule has 158 valence electrons. The molecule has 2 aromatic rings. The summed E-state index contributed by atoms with van der Waals surface area (Å²) in [6, 6.07) is 4.87. The van der Waals surface area contributed by atoms with Gasteiger partial charge in [0.25, 0.3) is 0 Å². The third-order valence-corrected chi connectivity index (χ3v) is 4.61. The smallest absolute Gasteiger partial charge is 0.324 e. The summed E-state index contributed by atoms with van der Waals surface area (Å²) in [5.74, 6) is -4.80. The monoisotopic (exact) mass is 420 g/mol. The van der Waals surface area contributed by atoms with Gasteiger partial charge < -0.3 is 9.47 Å². The number of benzene rings is 1. The molecule has 0 saturated carbocycles. The van der Waals surface area contributed by atoms with Crippen LogP contribution in [0.3, 0.4) is 0 Å². The molecule has 0 N–H and O–H groups in total. The van der Waals surface area contributed by atoms with Crippen LogP contribution in [0.15, 0.2) is 65.0 Å². The Bertz CT molecular complexity index is 997. The summed E-state index contributed by atoms with van der Waals surface area (Å²) in [5, 5.41) is 0. The molecule has 3 rings (SSSR count). The van der Waals surface area contributed by atoms with E-state index >= 15 is 8.78 Å². The number of aromatic nitrogens is 1. The maximum absolute atomic E-state index is 15.1. The van der Waals surface area contributed by atoms with Gasteiger partial charge in [-0.05, 0) is 50.9 Å². The zero-order chi connectivity index (χ0) is 21.9. The van der Waals surface area contributed by atoms with E-state index in [1.54, 1.807) is 13.0 Å². The van der Waals surface area contributed by atoms with Crippen molar-refractivity contribution in [3.63, 3.8) is 0 Å². The Labute approximate surface area is 171 Å². The fourth-order valence-corrected chi connectivity index (χ4v) is 2.94. The maximum Gasteiger partial charge on any atom is 0.324 e. The van der Waals surface area contributed by atoms with Crippen LogP contribution in [0.1, 0.15) is 25.1 Å². The third kappa shape index (κ3) is 4.28. The minimum atomic E-state index is -3.63. The topological polar surface area (TPSA) is 47.0 Å². The second-order valence-corrected chi connectivity index (χ2v) is 6.97. The van der Waals surface area contributed by atoms with Crippen LogP contribution >= 0.6 is 0 Å². The van der Waals surface area contributed by atoms with Crippen molar-refractivity contribution in [2.24, 2.45) is 4.99 Å². The number of nitrogens with zero attached hydrogens (tertiary/aromatic N) is 2. The number of rotatable bonds is 8. The van der Waals surface area contributed by atoms with Gasteiger partial charge in [0, 0.05) is 11.6 Å². The molecular formula is C22H20F4N2O2. The molecule has 1 aromatic carbocycles. The molecular weight excluding hydrogens is 400 g/mol. The molecule has 1 unspecified atom stereocenters. The molecule has 30 heavy (non-hydrogen) atoms. The van der Waals surface area contributed by atoms with Crippen molar-refractivity contribution < 1.29 is 27.0 Å². The lowest BCUT2D eigenvalue weighted by Crippen LogP contribution is -2.34. The Morgan fingerprint density at radius 1 is 1.27 bits per heavy atom. The van der Waals surface area contributed by atoms with E-state index in [-0.39, 0.29) is 5.75 Å². The third-order valence-electron chi connectivity index (χ3n) is 4.61. The molecule has 0 spiro atoms. The summed E-state index contributed by atoms with van der Waals surface area (Å²) in [7, 11) is 0. The Kier molecular flexibility index (Phi) is 6.07. The Hall–Kier alpha value is -3.00. The van der Waals surface area contributed by atoms with E-state index in [4.69, 9.17) is 9.47 Å². The quantitative estimate of drug-likeness (QED) is 0.191. The van der Waals surface area contributed by atoms with Crippen LogP contribution in [-0.4, -0.2) is 24.9 Å². The van der Waals surface area contributed by atoms with Crippen LogP contribution in [0.25, 0.3) is 0 Å². The normalized spacial score (nSPS) is 19.5. The molecule has 1 saturated heterocycles. The molecule has 0 bridgehead atoms. The van der Waals surface area contributed by atoms with Gasteiger partial charge in [0.1, 0.15) is 28.8 Å². The van der Waals surface area contributed by atoms with E-state index in [2.05, 4.69) is 16.7 Å². The second-order valence-electron chi connectivity index (χ2n) is 6.97.